The summed E-state index contributed by atoms with van der Waals surface area (Å²) in [6.45, 7) is 7.19. The van der Waals surface area contributed by atoms with Crippen molar-refractivity contribution in [1.29, 1.82) is 0 Å². The van der Waals surface area contributed by atoms with Gasteiger partial charge in [0.05, 0.1) is 5.56 Å². The Labute approximate surface area is 127 Å². The van der Waals surface area contributed by atoms with Crippen molar-refractivity contribution in [3.05, 3.63) is 45.7 Å². The lowest BCUT2D eigenvalue weighted by Gasteiger charge is -2.13. The zero-order chi connectivity index (χ0) is 14.5. The van der Waals surface area contributed by atoms with E-state index >= 15 is 0 Å². The number of nitrogens with one attached hydrogen (secondary N) is 1. The lowest BCUT2D eigenvalue weighted by molar-refractivity contribution is 0.290. The average molecular weight is 336 g/mol. The van der Waals surface area contributed by atoms with Crippen molar-refractivity contribution in [3.8, 4) is 5.88 Å². The van der Waals surface area contributed by atoms with Crippen LogP contribution in [0.5, 0.6) is 5.88 Å². The van der Waals surface area contributed by atoms with Crippen LogP contribution in [0.25, 0.3) is 0 Å². The zero-order valence-corrected chi connectivity index (χ0v) is 13.5. The summed E-state index contributed by atoms with van der Waals surface area (Å²) in [6, 6.07) is 8.05. The summed E-state index contributed by atoms with van der Waals surface area (Å²) in [6.07, 6.45) is 0. The molecule has 0 fully saturated rings. The normalized spacial score (nSPS) is 10.4. The van der Waals surface area contributed by atoms with Gasteiger partial charge in [-0.2, -0.15) is 4.98 Å². The van der Waals surface area contributed by atoms with Gasteiger partial charge in [0.25, 0.3) is 0 Å². The number of hydrogen-bond donors (Lipinski definition) is 1. The number of aromatic nitrogens is 2. The highest BCUT2D eigenvalue weighted by molar-refractivity contribution is 9.10. The molecule has 4 nitrogen and oxygen atoms in total. The summed E-state index contributed by atoms with van der Waals surface area (Å²) in [5, 5.41) is 3.23. The van der Waals surface area contributed by atoms with Crippen LogP contribution in [-0.2, 0) is 6.61 Å². The van der Waals surface area contributed by atoms with Crippen molar-refractivity contribution in [3.63, 3.8) is 0 Å². The Bertz CT molecular complexity index is 584. The van der Waals surface area contributed by atoms with Crippen LogP contribution in [0.2, 0.25) is 0 Å². The lowest BCUT2D eigenvalue weighted by Crippen LogP contribution is -2.07. The molecule has 0 saturated carbocycles. The van der Waals surface area contributed by atoms with Gasteiger partial charge in [-0.05, 0) is 38.5 Å². The maximum atomic E-state index is 5.82. The topological polar surface area (TPSA) is 47.0 Å². The minimum atomic E-state index is 0.496. The summed E-state index contributed by atoms with van der Waals surface area (Å²) >= 11 is 3.42. The molecule has 0 unspecified atom stereocenters. The maximum Gasteiger partial charge on any atom is 0.222 e. The Hall–Kier alpha value is -1.62. The van der Waals surface area contributed by atoms with Crippen molar-refractivity contribution >= 4 is 21.7 Å². The number of anilines is 1. The van der Waals surface area contributed by atoms with Gasteiger partial charge in [0.1, 0.15) is 18.2 Å². The van der Waals surface area contributed by atoms with E-state index in [-0.39, 0.29) is 0 Å². The molecular formula is C15H18BrN3O. The Morgan fingerprint density at radius 2 is 1.85 bits per heavy atom. The van der Waals surface area contributed by atoms with E-state index < -0.39 is 0 Å². The second-order valence-electron chi connectivity index (χ2n) is 4.50. The van der Waals surface area contributed by atoms with Crippen LogP contribution < -0.4 is 10.1 Å². The van der Waals surface area contributed by atoms with E-state index in [1.54, 1.807) is 0 Å². The Kier molecular flexibility index (Phi) is 4.95. The number of halogens is 1. The molecule has 106 valence electrons. The van der Waals surface area contributed by atoms with Crippen LogP contribution in [0, 0.1) is 13.8 Å². The van der Waals surface area contributed by atoms with Crippen molar-refractivity contribution in [2.75, 3.05) is 11.9 Å². The van der Waals surface area contributed by atoms with E-state index in [1.807, 2.05) is 45.0 Å². The highest BCUT2D eigenvalue weighted by atomic mass is 79.9. The van der Waals surface area contributed by atoms with Crippen molar-refractivity contribution in [1.82, 2.24) is 9.97 Å². The number of rotatable bonds is 5. The van der Waals surface area contributed by atoms with E-state index in [0.29, 0.717) is 18.3 Å². The Balaban J connectivity index is 2.14. The molecule has 0 atom stereocenters. The van der Waals surface area contributed by atoms with Crippen LogP contribution in [0.3, 0.4) is 0 Å². The fourth-order valence-electron chi connectivity index (χ4n) is 1.82. The van der Waals surface area contributed by atoms with Crippen LogP contribution in [0.1, 0.15) is 23.9 Å². The molecule has 0 spiro atoms. The van der Waals surface area contributed by atoms with E-state index in [1.165, 1.54) is 0 Å². The quantitative estimate of drug-likeness (QED) is 0.900. The third-order valence-corrected chi connectivity index (χ3v) is 3.37. The molecule has 5 heteroatoms. The van der Waals surface area contributed by atoms with Gasteiger partial charge in [0.2, 0.25) is 5.88 Å². The Morgan fingerprint density at radius 3 is 2.50 bits per heavy atom. The number of nitrogens with zero attached hydrogens (tertiary/aromatic N) is 2. The second-order valence-corrected chi connectivity index (χ2v) is 5.41. The summed E-state index contributed by atoms with van der Waals surface area (Å²) < 4.78 is 6.88. The fraction of sp³-hybridized carbons (Fsp3) is 0.333. The third-order valence-electron chi connectivity index (χ3n) is 2.85. The minimum absolute atomic E-state index is 0.496. The molecule has 1 aromatic carbocycles. The predicted octanol–water partition coefficient (Wildman–Crippen LogP) is 3.87. The summed E-state index contributed by atoms with van der Waals surface area (Å²) in [4.78, 5) is 8.75. The standard InChI is InChI=1S/C15H18BrN3O/c1-4-17-14-10(2)15(19-11(3)18-14)20-9-12-5-7-13(16)8-6-12/h5-8H,4,9H2,1-3H3,(H,17,18,19). The maximum absolute atomic E-state index is 5.82. The second kappa shape index (κ2) is 6.70. The van der Waals surface area contributed by atoms with Gasteiger partial charge in [0, 0.05) is 11.0 Å². The first-order valence-electron chi connectivity index (χ1n) is 6.56. The van der Waals surface area contributed by atoms with Gasteiger partial charge < -0.3 is 10.1 Å². The van der Waals surface area contributed by atoms with E-state index in [4.69, 9.17) is 4.74 Å². The molecule has 0 aliphatic heterocycles. The van der Waals surface area contributed by atoms with Gasteiger partial charge in [-0.15, -0.1) is 0 Å². The fourth-order valence-corrected chi connectivity index (χ4v) is 2.08. The molecule has 1 heterocycles. The van der Waals surface area contributed by atoms with Crippen molar-refractivity contribution in [2.45, 2.75) is 27.4 Å². The first-order valence-corrected chi connectivity index (χ1v) is 7.35. The lowest BCUT2D eigenvalue weighted by atomic mass is 10.2. The highest BCUT2D eigenvalue weighted by Crippen LogP contribution is 2.23. The molecule has 0 aliphatic carbocycles. The molecule has 2 rings (SSSR count). The molecule has 0 radical (unpaired) electrons. The molecule has 2 aromatic rings. The van der Waals surface area contributed by atoms with Crippen LogP contribution in [0.15, 0.2) is 28.7 Å². The number of ether oxygens (including phenoxy) is 1. The van der Waals surface area contributed by atoms with Crippen LogP contribution in [0.4, 0.5) is 5.82 Å². The molecule has 0 bridgehead atoms. The molecule has 0 amide bonds. The molecule has 0 saturated heterocycles. The molecular weight excluding hydrogens is 318 g/mol. The minimum Gasteiger partial charge on any atom is -0.472 e. The molecule has 20 heavy (non-hydrogen) atoms. The van der Waals surface area contributed by atoms with Crippen LogP contribution >= 0.6 is 15.9 Å². The first kappa shape index (κ1) is 14.8. The largest absolute Gasteiger partial charge is 0.472 e. The molecule has 1 aromatic heterocycles. The van der Waals surface area contributed by atoms with Gasteiger partial charge in [0.15, 0.2) is 0 Å². The zero-order valence-electron chi connectivity index (χ0n) is 11.9. The number of aryl methyl sites for hydroxylation is 1. The predicted molar refractivity (Wildman–Crippen MR) is 84.1 cm³/mol. The summed E-state index contributed by atoms with van der Waals surface area (Å²) in [5.41, 5.74) is 2.04. The van der Waals surface area contributed by atoms with E-state index in [2.05, 4.69) is 31.2 Å². The monoisotopic (exact) mass is 335 g/mol. The molecule has 0 aliphatic rings. The average Bonchev–Trinajstić information content (AvgIpc) is 2.43. The number of hydrogen-bond acceptors (Lipinski definition) is 4. The van der Waals surface area contributed by atoms with Crippen molar-refractivity contribution in [2.24, 2.45) is 0 Å². The van der Waals surface area contributed by atoms with Crippen LogP contribution in [-0.4, -0.2) is 16.5 Å². The molecule has 1 N–H and O–H groups in total. The highest BCUT2D eigenvalue weighted by Gasteiger charge is 2.10. The Morgan fingerprint density at radius 1 is 1.15 bits per heavy atom. The first-order chi connectivity index (χ1) is 9.60. The van der Waals surface area contributed by atoms with E-state index in [9.17, 15) is 0 Å². The summed E-state index contributed by atoms with van der Waals surface area (Å²) in [5.74, 6) is 2.18. The van der Waals surface area contributed by atoms with Crippen molar-refractivity contribution < 1.29 is 4.74 Å². The SMILES string of the molecule is CCNc1nc(C)nc(OCc2ccc(Br)cc2)c1C. The van der Waals surface area contributed by atoms with Gasteiger partial charge in [-0.3, -0.25) is 0 Å². The van der Waals surface area contributed by atoms with Gasteiger partial charge in [-0.1, -0.05) is 28.1 Å². The third kappa shape index (κ3) is 3.70. The van der Waals surface area contributed by atoms with Gasteiger partial charge in [-0.25, -0.2) is 4.98 Å². The number of benzene rings is 1. The smallest absolute Gasteiger partial charge is 0.222 e. The van der Waals surface area contributed by atoms with E-state index in [0.717, 1.165) is 28.0 Å². The summed E-state index contributed by atoms with van der Waals surface area (Å²) in [7, 11) is 0. The van der Waals surface area contributed by atoms with Gasteiger partial charge >= 0.3 is 0 Å².